The van der Waals surface area contributed by atoms with Crippen molar-refractivity contribution < 1.29 is 0 Å². The predicted octanol–water partition coefficient (Wildman–Crippen LogP) is 4.74. The highest BCUT2D eigenvalue weighted by atomic mass is 14.7. The van der Waals surface area contributed by atoms with Gasteiger partial charge in [-0.1, -0.05) is 18.2 Å². The summed E-state index contributed by atoms with van der Waals surface area (Å²) in [5, 5.41) is 0. The van der Waals surface area contributed by atoms with Crippen LogP contribution in [-0.2, 0) is 0 Å². The average Bonchev–Trinajstić information content (AvgIpc) is 2.48. The molecule has 0 unspecified atom stereocenters. The number of aryl methyl sites for hydroxylation is 3. The summed E-state index contributed by atoms with van der Waals surface area (Å²) in [7, 11) is 0. The zero-order valence-corrected chi connectivity index (χ0v) is 12.6. The smallest absolute Gasteiger partial charge is 0.0726 e. The van der Waals surface area contributed by atoms with E-state index < -0.39 is 0 Å². The topological polar surface area (TPSA) is 25.8 Å². The van der Waals surface area contributed by atoms with Gasteiger partial charge in [-0.2, -0.15) is 0 Å². The van der Waals surface area contributed by atoms with E-state index in [2.05, 4.69) is 61.1 Å². The Morgan fingerprint density at radius 2 is 1.57 bits per heavy atom. The molecule has 0 N–H and O–H groups in total. The van der Waals surface area contributed by atoms with Crippen LogP contribution in [0.15, 0.2) is 55.0 Å². The lowest BCUT2D eigenvalue weighted by Gasteiger charge is -2.11. The van der Waals surface area contributed by atoms with Crippen molar-refractivity contribution in [1.29, 1.82) is 0 Å². The van der Waals surface area contributed by atoms with Crippen molar-refractivity contribution in [3.8, 4) is 22.4 Å². The number of hydrogen-bond donors (Lipinski definition) is 0. The molecule has 0 aliphatic carbocycles. The second-order valence-electron chi connectivity index (χ2n) is 5.39. The van der Waals surface area contributed by atoms with Gasteiger partial charge in [-0.15, -0.1) is 0 Å². The Morgan fingerprint density at radius 1 is 0.810 bits per heavy atom. The lowest BCUT2D eigenvalue weighted by atomic mass is 9.95. The molecular weight excluding hydrogens is 256 g/mol. The molecule has 0 fully saturated rings. The maximum Gasteiger partial charge on any atom is 0.0726 e. The molecule has 0 bridgehead atoms. The van der Waals surface area contributed by atoms with Gasteiger partial charge in [0.05, 0.1) is 5.69 Å². The second kappa shape index (κ2) is 5.49. The fourth-order valence-electron chi connectivity index (χ4n) is 2.74. The fourth-order valence-corrected chi connectivity index (χ4v) is 2.74. The van der Waals surface area contributed by atoms with E-state index in [-0.39, 0.29) is 0 Å². The minimum atomic E-state index is 0.973. The predicted molar refractivity (Wildman–Crippen MR) is 87.1 cm³/mol. The van der Waals surface area contributed by atoms with Gasteiger partial charge in [-0.05, 0) is 66.8 Å². The van der Waals surface area contributed by atoms with Crippen LogP contribution in [0.5, 0.6) is 0 Å². The first-order valence-corrected chi connectivity index (χ1v) is 7.10. The highest BCUT2D eigenvalue weighted by Crippen LogP contribution is 2.30. The van der Waals surface area contributed by atoms with Gasteiger partial charge in [0.1, 0.15) is 0 Å². The second-order valence-corrected chi connectivity index (χ2v) is 5.39. The molecule has 2 aromatic heterocycles. The first kappa shape index (κ1) is 13.5. The van der Waals surface area contributed by atoms with Crippen LogP contribution in [0.1, 0.15) is 16.7 Å². The molecule has 0 saturated heterocycles. The van der Waals surface area contributed by atoms with E-state index in [0.717, 1.165) is 11.3 Å². The van der Waals surface area contributed by atoms with Gasteiger partial charge in [0.15, 0.2) is 0 Å². The molecule has 3 aromatic rings. The van der Waals surface area contributed by atoms with Gasteiger partial charge in [0, 0.05) is 24.2 Å². The van der Waals surface area contributed by atoms with Gasteiger partial charge in [-0.3, -0.25) is 9.97 Å². The molecule has 104 valence electrons. The van der Waals surface area contributed by atoms with E-state index in [1.54, 1.807) is 0 Å². The van der Waals surface area contributed by atoms with E-state index in [0.29, 0.717) is 0 Å². The summed E-state index contributed by atoms with van der Waals surface area (Å²) in [4.78, 5) is 8.73. The van der Waals surface area contributed by atoms with Crippen LogP contribution in [0.3, 0.4) is 0 Å². The summed E-state index contributed by atoms with van der Waals surface area (Å²) < 4.78 is 0. The Bertz CT molecular complexity index is 771. The number of rotatable bonds is 2. The molecule has 21 heavy (non-hydrogen) atoms. The van der Waals surface area contributed by atoms with Crippen molar-refractivity contribution in [2.45, 2.75) is 20.8 Å². The minimum absolute atomic E-state index is 0.973. The maximum absolute atomic E-state index is 4.52. The molecular formula is C19H18N2. The van der Waals surface area contributed by atoms with Gasteiger partial charge >= 0.3 is 0 Å². The summed E-state index contributed by atoms with van der Waals surface area (Å²) >= 11 is 0. The van der Waals surface area contributed by atoms with Crippen LogP contribution in [0.25, 0.3) is 22.4 Å². The van der Waals surface area contributed by atoms with Crippen molar-refractivity contribution in [2.24, 2.45) is 0 Å². The normalized spacial score (nSPS) is 10.6. The van der Waals surface area contributed by atoms with Crippen molar-refractivity contribution in [2.75, 3.05) is 0 Å². The van der Waals surface area contributed by atoms with E-state index in [9.17, 15) is 0 Å². The highest BCUT2D eigenvalue weighted by Gasteiger charge is 2.08. The zero-order valence-electron chi connectivity index (χ0n) is 12.6. The molecule has 0 aliphatic heterocycles. The van der Waals surface area contributed by atoms with E-state index in [4.69, 9.17) is 0 Å². The van der Waals surface area contributed by atoms with Gasteiger partial charge in [0.2, 0.25) is 0 Å². The largest absolute Gasteiger partial charge is 0.264 e. The number of aromatic nitrogens is 2. The van der Waals surface area contributed by atoms with Crippen molar-refractivity contribution >= 4 is 0 Å². The van der Waals surface area contributed by atoms with Crippen molar-refractivity contribution in [3.05, 3.63) is 71.7 Å². The average molecular weight is 274 g/mol. The summed E-state index contributed by atoms with van der Waals surface area (Å²) in [5.74, 6) is 0. The first-order chi connectivity index (χ1) is 10.2. The Hall–Kier alpha value is -2.48. The Labute approximate surface area is 125 Å². The minimum Gasteiger partial charge on any atom is -0.264 e. The molecule has 2 nitrogen and oxygen atoms in total. The summed E-state index contributed by atoms with van der Waals surface area (Å²) in [6, 6.07) is 12.6. The molecule has 0 saturated carbocycles. The van der Waals surface area contributed by atoms with Crippen LogP contribution >= 0.6 is 0 Å². The number of nitrogens with zero attached hydrogens (tertiary/aromatic N) is 2. The van der Waals surface area contributed by atoms with Gasteiger partial charge in [0.25, 0.3) is 0 Å². The molecule has 2 heteroatoms. The molecule has 3 rings (SSSR count). The summed E-state index contributed by atoms with van der Waals surface area (Å²) in [6.45, 7) is 6.39. The third-order valence-electron chi connectivity index (χ3n) is 3.84. The van der Waals surface area contributed by atoms with Gasteiger partial charge in [-0.25, -0.2) is 0 Å². The van der Waals surface area contributed by atoms with E-state index >= 15 is 0 Å². The monoisotopic (exact) mass is 274 g/mol. The van der Waals surface area contributed by atoms with Crippen LogP contribution in [0.4, 0.5) is 0 Å². The lowest BCUT2D eigenvalue weighted by molar-refractivity contribution is 1.24. The zero-order chi connectivity index (χ0) is 14.8. The standard InChI is InChI=1S/C19H18N2/c1-13-7-9-20-12-17(13)18-11-16(8-10-21-18)19-14(2)5-4-6-15(19)3/h4-12H,1-3H3. The van der Waals surface area contributed by atoms with Crippen molar-refractivity contribution in [3.63, 3.8) is 0 Å². The first-order valence-electron chi connectivity index (χ1n) is 7.10. The molecule has 0 amide bonds. The fraction of sp³-hybridized carbons (Fsp3) is 0.158. The molecule has 0 radical (unpaired) electrons. The summed E-state index contributed by atoms with van der Waals surface area (Å²) in [6.07, 6.45) is 5.57. The number of benzene rings is 1. The number of pyridine rings is 2. The molecule has 0 atom stereocenters. The quantitative estimate of drug-likeness (QED) is 0.674. The van der Waals surface area contributed by atoms with Crippen LogP contribution in [0, 0.1) is 20.8 Å². The van der Waals surface area contributed by atoms with Crippen LogP contribution < -0.4 is 0 Å². The molecule has 1 aromatic carbocycles. The van der Waals surface area contributed by atoms with Crippen molar-refractivity contribution in [1.82, 2.24) is 9.97 Å². The summed E-state index contributed by atoms with van der Waals surface area (Å²) in [5.41, 5.74) is 8.33. The van der Waals surface area contributed by atoms with Crippen LogP contribution in [-0.4, -0.2) is 9.97 Å². The Balaban J connectivity index is 2.16. The third-order valence-corrected chi connectivity index (χ3v) is 3.84. The Morgan fingerprint density at radius 3 is 2.29 bits per heavy atom. The van der Waals surface area contributed by atoms with E-state index in [1.165, 1.54) is 27.8 Å². The number of hydrogen-bond acceptors (Lipinski definition) is 2. The molecule has 0 spiro atoms. The SMILES string of the molecule is Cc1ccncc1-c1cc(-c2c(C)cccc2C)ccn1. The van der Waals surface area contributed by atoms with Crippen LogP contribution in [0.2, 0.25) is 0 Å². The van der Waals surface area contributed by atoms with Gasteiger partial charge < -0.3 is 0 Å². The lowest BCUT2D eigenvalue weighted by Crippen LogP contribution is -1.92. The molecule has 2 heterocycles. The third kappa shape index (κ3) is 2.57. The Kier molecular flexibility index (Phi) is 3.53. The van der Waals surface area contributed by atoms with E-state index in [1.807, 2.05) is 24.7 Å². The maximum atomic E-state index is 4.52. The highest BCUT2D eigenvalue weighted by molar-refractivity contribution is 5.75. The molecule has 0 aliphatic rings.